The van der Waals surface area contributed by atoms with Crippen molar-refractivity contribution in [2.24, 2.45) is 0 Å². The lowest BCUT2D eigenvalue weighted by molar-refractivity contribution is 0.0577. The molecule has 3 aliphatic rings. The Morgan fingerprint density at radius 2 is 2.04 bits per heavy atom. The molecule has 1 fully saturated rings. The molecule has 0 atom stereocenters. The highest BCUT2D eigenvalue weighted by molar-refractivity contribution is 6.12. The van der Waals surface area contributed by atoms with E-state index in [1.165, 1.54) is 0 Å². The standard InChI is InChI=1S/C20H20N2O5/c23-19-15-3-4-17-16(11-22(13-26-17)10-14-2-1-7-25-14)20(15)27-18(19)12-21-5-8-24-9-6-21/h1-4,7,12H,5-6,8-11,13H2. The minimum atomic E-state index is -0.0811. The molecule has 3 aliphatic heterocycles. The van der Waals surface area contributed by atoms with Crippen LogP contribution in [-0.4, -0.2) is 48.6 Å². The maximum Gasteiger partial charge on any atom is 0.233 e. The summed E-state index contributed by atoms with van der Waals surface area (Å²) in [7, 11) is 0. The van der Waals surface area contributed by atoms with Gasteiger partial charge in [-0.25, -0.2) is 0 Å². The molecule has 7 nitrogen and oxygen atoms in total. The Bertz CT molecular complexity index is 884. The zero-order valence-electron chi connectivity index (χ0n) is 14.8. The van der Waals surface area contributed by atoms with Crippen molar-refractivity contribution in [1.82, 2.24) is 9.80 Å². The van der Waals surface area contributed by atoms with Crippen LogP contribution in [0, 0.1) is 0 Å². The monoisotopic (exact) mass is 368 g/mol. The Morgan fingerprint density at radius 1 is 1.15 bits per heavy atom. The SMILES string of the molecule is O=C1C(=CN2CCOCC2)Oc2c1ccc1c2CN(Cc2ccco2)CO1. The van der Waals surface area contributed by atoms with Gasteiger partial charge in [0, 0.05) is 25.8 Å². The van der Waals surface area contributed by atoms with Crippen LogP contribution in [0.4, 0.5) is 0 Å². The molecule has 1 aromatic heterocycles. The number of benzene rings is 1. The first-order valence-corrected chi connectivity index (χ1v) is 9.07. The number of ketones is 1. The zero-order valence-corrected chi connectivity index (χ0v) is 14.8. The molecule has 7 heteroatoms. The molecule has 5 rings (SSSR count). The highest BCUT2D eigenvalue weighted by Gasteiger charge is 2.34. The molecule has 4 heterocycles. The van der Waals surface area contributed by atoms with Crippen LogP contribution in [0.1, 0.15) is 21.7 Å². The van der Waals surface area contributed by atoms with Gasteiger partial charge in [0.05, 0.1) is 37.1 Å². The first kappa shape index (κ1) is 16.4. The third kappa shape index (κ3) is 3.09. The van der Waals surface area contributed by atoms with Crippen LogP contribution in [0.2, 0.25) is 0 Å². The second kappa shape index (κ2) is 6.75. The van der Waals surface area contributed by atoms with Crippen LogP contribution >= 0.6 is 0 Å². The van der Waals surface area contributed by atoms with Gasteiger partial charge < -0.3 is 23.5 Å². The normalized spacial score (nSPS) is 21.0. The van der Waals surface area contributed by atoms with Gasteiger partial charge in [0.2, 0.25) is 5.78 Å². The van der Waals surface area contributed by atoms with E-state index >= 15 is 0 Å². The van der Waals surface area contributed by atoms with Gasteiger partial charge in [-0.3, -0.25) is 9.69 Å². The van der Waals surface area contributed by atoms with E-state index in [1.54, 1.807) is 12.3 Å². The Kier molecular flexibility index (Phi) is 4.10. The van der Waals surface area contributed by atoms with Crippen molar-refractivity contribution in [3.8, 4) is 11.5 Å². The molecular weight excluding hydrogens is 348 g/mol. The molecule has 0 aliphatic carbocycles. The summed E-state index contributed by atoms with van der Waals surface area (Å²) >= 11 is 0. The molecule has 0 N–H and O–H groups in total. The number of carbonyl (C=O) groups is 1. The molecule has 0 unspecified atom stereocenters. The van der Waals surface area contributed by atoms with Crippen LogP contribution in [0.3, 0.4) is 0 Å². The average molecular weight is 368 g/mol. The number of allylic oxidation sites excluding steroid dienone is 1. The minimum absolute atomic E-state index is 0.0811. The smallest absolute Gasteiger partial charge is 0.233 e. The minimum Gasteiger partial charge on any atom is -0.478 e. The zero-order chi connectivity index (χ0) is 18.2. The Labute approximate surface area is 156 Å². The Hall–Kier alpha value is -2.77. The fourth-order valence-corrected chi connectivity index (χ4v) is 3.59. The molecule has 0 amide bonds. The summed E-state index contributed by atoms with van der Waals surface area (Å²) in [5, 5.41) is 0. The Morgan fingerprint density at radius 3 is 2.85 bits per heavy atom. The van der Waals surface area contributed by atoms with Crippen molar-refractivity contribution >= 4 is 5.78 Å². The second-order valence-electron chi connectivity index (χ2n) is 6.83. The molecule has 140 valence electrons. The van der Waals surface area contributed by atoms with Gasteiger partial charge in [0.15, 0.2) is 5.76 Å². The average Bonchev–Trinajstić information content (AvgIpc) is 3.31. The summed E-state index contributed by atoms with van der Waals surface area (Å²) in [6, 6.07) is 7.46. The number of morpholine rings is 1. The van der Waals surface area contributed by atoms with Crippen LogP contribution in [0.25, 0.3) is 0 Å². The third-order valence-electron chi connectivity index (χ3n) is 4.99. The summed E-state index contributed by atoms with van der Waals surface area (Å²) in [4.78, 5) is 16.9. The number of rotatable bonds is 3. The van der Waals surface area contributed by atoms with E-state index in [9.17, 15) is 4.79 Å². The van der Waals surface area contributed by atoms with Crippen molar-refractivity contribution in [1.29, 1.82) is 0 Å². The van der Waals surface area contributed by atoms with Crippen molar-refractivity contribution in [3.05, 3.63) is 59.4 Å². The van der Waals surface area contributed by atoms with Gasteiger partial charge in [0.1, 0.15) is 24.0 Å². The quantitative estimate of drug-likeness (QED) is 0.771. The predicted octanol–water partition coefficient (Wildman–Crippen LogP) is 2.38. The molecule has 1 aromatic carbocycles. The van der Waals surface area contributed by atoms with Crippen molar-refractivity contribution < 1.29 is 23.4 Å². The fourth-order valence-electron chi connectivity index (χ4n) is 3.59. The summed E-state index contributed by atoms with van der Waals surface area (Å²) in [5.74, 6) is 2.54. The van der Waals surface area contributed by atoms with E-state index in [1.807, 2.05) is 24.4 Å². The molecular formula is C20H20N2O5. The van der Waals surface area contributed by atoms with Gasteiger partial charge in [0.25, 0.3) is 0 Å². The largest absolute Gasteiger partial charge is 0.478 e. The summed E-state index contributed by atoms with van der Waals surface area (Å²) in [6.45, 7) is 4.59. The maximum atomic E-state index is 12.8. The summed E-state index contributed by atoms with van der Waals surface area (Å²) in [6.07, 6.45) is 3.47. The maximum absolute atomic E-state index is 12.8. The van der Waals surface area contributed by atoms with Gasteiger partial charge in [-0.1, -0.05) is 0 Å². The number of hydrogen-bond acceptors (Lipinski definition) is 7. The first-order valence-electron chi connectivity index (χ1n) is 9.07. The molecule has 1 saturated heterocycles. The number of fused-ring (bicyclic) bond motifs is 3. The van der Waals surface area contributed by atoms with Crippen LogP contribution in [-0.2, 0) is 17.8 Å². The van der Waals surface area contributed by atoms with Crippen LogP contribution in [0.15, 0.2) is 46.9 Å². The van der Waals surface area contributed by atoms with E-state index in [-0.39, 0.29) is 5.78 Å². The molecule has 2 aromatic rings. The first-order chi connectivity index (χ1) is 13.3. The number of hydrogen-bond donors (Lipinski definition) is 0. The van der Waals surface area contributed by atoms with E-state index in [0.717, 1.165) is 30.2 Å². The number of nitrogens with zero attached hydrogens (tertiary/aromatic N) is 2. The van der Waals surface area contributed by atoms with E-state index in [2.05, 4.69) is 9.80 Å². The van der Waals surface area contributed by atoms with E-state index in [0.29, 0.717) is 50.1 Å². The number of furan rings is 1. The van der Waals surface area contributed by atoms with Crippen LogP contribution < -0.4 is 9.47 Å². The van der Waals surface area contributed by atoms with Crippen molar-refractivity contribution in [2.45, 2.75) is 13.1 Å². The van der Waals surface area contributed by atoms with Gasteiger partial charge in [-0.05, 0) is 24.3 Å². The third-order valence-corrected chi connectivity index (χ3v) is 4.99. The fraction of sp³-hybridized carbons (Fsp3) is 0.350. The van der Waals surface area contributed by atoms with Gasteiger partial charge >= 0.3 is 0 Å². The summed E-state index contributed by atoms with van der Waals surface area (Å²) in [5.41, 5.74) is 1.50. The number of Topliss-reactive ketones (excluding diaryl/α,β-unsaturated/α-hetero) is 1. The number of carbonyl (C=O) groups excluding carboxylic acids is 1. The lowest BCUT2D eigenvalue weighted by Crippen LogP contribution is -2.33. The Balaban J connectivity index is 1.40. The van der Waals surface area contributed by atoms with Gasteiger partial charge in [-0.2, -0.15) is 0 Å². The van der Waals surface area contributed by atoms with Crippen molar-refractivity contribution in [3.63, 3.8) is 0 Å². The molecule has 0 radical (unpaired) electrons. The predicted molar refractivity (Wildman–Crippen MR) is 95.3 cm³/mol. The van der Waals surface area contributed by atoms with Gasteiger partial charge in [-0.15, -0.1) is 0 Å². The highest BCUT2D eigenvalue weighted by atomic mass is 16.5. The molecule has 27 heavy (non-hydrogen) atoms. The molecule has 0 spiro atoms. The van der Waals surface area contributed by atoms with Crippen LogP contribution in [0.5, 0.6) is 11.5 Å². The topological polar surface area (TPSA) is 64.4 Å². The number of ether oxygens (including phenoxy) is 3. The second-order valence-corrected chi connectivity index (χ2v) is 6.83. The lowest BCUT2D eigenvalue weighted by atomic mass is 10.0. The molecule has 0 bridgehead atoms. The summed E-state index contributed by atoms with van der Waals surface area (Å²) < 4.78 is 22.7. The highest BCUT2D eigenvalue weighted by Crippen LogP contribution is 2.41. The lowest BCUT2D eigenvalue weighted by Gasteiger charge is -2.29. The van der Waals surface area contributed by atoms with Crippen molar-refractivity contribution in [2.75, 3.05) is 33.0 Å². The van der Waals surface area contributed by atoms with E-state index < -0.39 is 0 Å². The molecule has 0 saturated carbocycles. The van der Waals surface area contributed by atoms with E-state index in [4.69, 9.17) is 18.6 Å².